The molecule has 3 rings (SSSR count). The van der Waals surface area contributed by atoms with E-state index in [9.17, 15) is 10.1 Å². The minimum atomic E-state index is -0.454. The van der Waals surface area contributed by atoms with Crippen LogP contribution in [0.1, 0.15) is 12.0 Å². The van der Waals surface area contributed by atoms with Gasteiger partial charge in [0.1, 0.15) is 23.9 Å². The van der Waals surface area contributed by atoms with Gasteiger partial charge in [0, 0.05) is 45.3 Å². The Morgan fingerprint density at radius 1 is 1.32 bits per heavy atom. The summed E-state index contributed by atoms with van der Waals surface area (Å²) in [6.45, 7) is 3.74. The molecule has 11 heteroatoms. The van der Waals surface area contributed by atoms with E-state index in [2.05, 4.69) is 25.6 Å². The second kappa shape index (κ2) is 10.6. The van der Waals surface area contributed by atoms with E-state index in [0.29, 0.717) is 19.0 Å². The number of likely N-dealkylation sites (tertiary alicyclic amines) is 1. The minimum absolute atomic E-state index is 0.0118. The lowest BCUT2D eigenvalue weighted by Gasteiger charge is -2.19. The van der Waals surface area contributed by atoms with Gasteiger partial charge in [-0.05, 0) is 24.1 Å². The van der Waals surface area contributed by atoms with Gasteiger partial charge in [0.25, 0.3) is 0 Å². The van der Waals surface area contributed by atoms with Crippen LogP contribution in [0, 0.1) is 10.1 Å². The highest BCUT2D eigenvalue weighted by Gasteiger charge is 2.23. The quantitative estimate of drug-likeness (QED) is 0.264. The normalized spacial score (nSPS) is 16.9. The Bertz CT molecular complexity index is 892. The number of ether oxygens (including phenoxy) is 2. The summed E-state index contributed by atoms with van der Waals surface area (Å²) in [6, 6.07) is 6.21. The van der Waals surface area contributed by atoms with E-state index in [1.807, 2.05) is 18.2 Å². The lowest BCUT2D eigenvalue weighted by Crippen LogP contribution is -2.45. The van der Waals surface area contributed by atoms with Crippen molar-refractivity contribution in [3.63, 3.8) is 0 Å². The van der Waals surface area contributed by atoms with E-state index in [-0.39, 0.29) is 11.7 Å². The van der Waals surface area contributed by atoms with Crippen molar-refractivity contribution in [1.82, 2.24) is 25.3 Å². The average Bonchev–Trinajstić information content (AvgIpc) is 3.42. The van der Waals surface area contributed by atoms with Crippen LogP contribution in [-0.4, -0.2) is 72.5 Å². The Morgan fingerprint density at radius 2 is 2.06 bits per heavy atom. The standard InChI is InChI=1S/C20H29N7O4/c1-21-20(22-5-7-26-14-17(11-23-26)27(28)29)24-16-4-6-25(13-16)12-15-8-18(30-2)10-19(9-15)31-3/h8-11,14,16H,4-7,12-13H2,1-3H3,(H2,21,22,24). The number of nitro groups is 1. The molecule has 0 radical (unpaired) electrons. The molecule has 0 spiro atoms. The molecular weight excluding hydrogens is 402 g/mol. The van der Waals surface area contributed by atoms with E-state index in [1.165, 1.54) is 17.1 Å². The summed E-state index contributed by atoms with van der Waals surface area (Å²) >= 11 is 0. The fourth-order valence-corrected chi connectivity index (χ4v) is 3.56. The summed E-state index contributed by atoms with van der Waals surface area (Å²) in [7, 11) is 5.03. The van der Waals surface area contributed by atoms with Crippen LogP contribution < -0.4 is 20.1 Å². The van der Waals surface area contributed by atoms with Crippen LogP contribution in [0.4, 0.5) is 5.69 Å². The Labute approximate surface area is 181 Å². The molecule has 168 valence electrons. The number of hydrogen-bond acceptors (Lipinski definition) is 7. The Kier molecular flexibility index (Phi) is 7.65. The van der Waals surface area contributed by atoms with Crippen molar-refractivity contribution >= 4 is 11.6 Å². The third-order valence-corrected chi connectivity index (χ3v) is 5.12. The maximum Gasteiger partial charge on any atom is 0.306 e. The first-order valence-electron chi connectivity index (χ1n) is 10.1. The molecule has 1 aromatic heterocycles. The summed E-state index contributed by atoms with van der Waals surface area (Å²) in [5.74, 6) is 2.28. The van der Waals surface area contributed by atoms with Crippen LogP contribution >= 0.6 is 0 Å². The van der Waals surface area contributed by atoms with E-state index in [1.54, 1.807) is 21.3 Å². The van der Waals surface area contributed by atoms with Crippen molar-refractivity contribution in [1.29, 1.82) is 0 Å². The van der Waals surface area contributed by atoms with Crippen molar-refractivity contribution < 1.29 is 14.4 Å². The molecule has 0 amide bonds. The minimum Gasteiger partial charge on any atom is -0.497 e. The predicted molar refractivity (Wildman–Crippen MR) is 117 cm³/mol. The Morgan fingerprint density at radius 3 is 2.68 bits per heavy atom. The maximum absolute atomic E-state index is 10.7. The van der Waals surface area contributed by atoms with Gasteiger partial charge in [0.15, 0.2) is 5.96 Å². The molecule has 1 saturated heterocycles. The van der Waals surface area contributed by atoms with Crippen LogP contribution in [0.25, 0.3) is 0 Å². The highest BCUT2D eigenvalue weighted by molar-refractivity contribution is 5.80. The molecule has 0 bridgehead atoms. The number of aliphatic imine (C=N–C) groups is 1. The van der Waals surface area contributed by atoms with Gasteiger partial charge >= 0.3 is 5.69 Å². The van der Waals surface area contributed by atoms with Gasteiger partial charge < -0.3 is 20.1 Å². The highest BCUT2D eigenvalue weighted by atomic mass is 16.6. The summed E-state index contributed by atoms with van der Waals surface area (Å²) in [5.41, 5.74) is 1.13. The molecule has 2 aromatic rings. The number of nitrogens with zero attached hydrogens (tertiary/aromatic N) is 5. The molecule has 1 unspecified atom stereocenters. The molecule has 1 aliphatic heterocycles. The fraction of sp³-hybridized carbons (Fsp3) is 0.500. The number of rotatable bonds is 9. The second-order valence-corrected chi connectivity index (χ2v) is 7.30. The molecule has 2 N–H and O–H groups in total. The predicted octanol–water partition coefficient (Wildman–Crippen LogP) is 1.25. The molecule has 2 heterocycles. The highest BCUT2D eigenvalue weighted by Crippen LogP contribution is 2.24. The SMILES string of the molecule is CN=C(NCCn1cc([N+](=O)[O-])cn1)NC1CCN(Cc2cc(OC)cc(OC)c2)C1. The number of aromatic nitrogens is 2. The van der Waals surface area contributed by atoms with Crippen molar-refractivity contribution in [3.8, 4) is 11.5 Å². The second-order valence-electron chi connectivity index (χ2n) is 7.30. The van der Waals surface area contributed by atoms with E-state index < -0.39 is 4.92 Å². The zero-order chi connectivity index (χ0) is 22.2. The van der Waals surface area contributed by atoms with Crippen molar-refractivity contribution in [2.75, 3.05) is 40.9 Å². The van der Waals surface area contributed by atoms with Gasteiger partial charge in [-0.3, -0.25) is 24.7 Å². The van der Waals surface area contributed by atoms with Gasteiger partial charge in [-0.2, -0.15) is 5.10 Å². The van der Waals surface area contributed by atoms with Crippen molar-refractivity contribution in [2.45, 2.75) is 25.6 Å². The average molecular weight is 431 g/mol. The molecule has 1 fully saturated rings. The van der Waals surface area contributed by atoms with Crippen molar-refractivity contribution in [2.24, 2.45) is 4.99 Å². The lowest BCUT2D eigenvalue weighted by molar-refractivity contribution is -0.385. The number of methoxy groups -OCH3 is 2. The first-order valence-corrected chi connectivity index (χ1v) is 10.1. The molecule has 0 saturated carbocycles. The largest absolute Gasteiger partial charge is 0.497 e. The molecule has 1 aliphatic rings. The van der Waals surface area contributed by atoms with Crippen LogP contribution in [0.2, 0.25) is 0 Å². The fourth-order valence-electron chi connectivity index (χ4n) is 3.56. The van der Waals surface area contributed by atoms with Gasteiger partial charge in [0.2, 0.25) is 0 Å². The third kappa shape index (κ3) is 6.32. The first-order chi connectivity index (χ1) is 15.0. The van der Waals surface area contributed by atoms with Crippen LogP contribution in [-0.2, 0) is 13.1 Å². The van der Waals surface area contributed by atoms with Gasteiger partial charge in [-0.25, -0.2) is 0 Å². The summed E-state index contributed by atoms with van der Waals surface area (Å²) in [4.78, 5) is 16.9. The van der Waals surface area contributed by atoms with Crippen molar-refractivity contribution in [3.05, 3.63) is 46.3 Å². The molecule has 1 atom stereocenters. The van der Waals surface area contributed by atoms with Gasteiger partial charge in [0.05, 0.1) is 25.7 Å². The van der Waals surface area contributed by atoms with E-state index in [4.69, 9.17) is 9.47 Å². The molecule has 31 heavy (non-hydrogen) atoms. The van der Waals surface area contributed by atoms with Crippen LogP contribution in [0.5, 0.6) is 11.5 Å². The number of guanidine groups is 1. The number of hydrogen-bond donors (Lipinski definition) is 2. The van der Waals surface area contributed by atoms with Gasteiger partial charge in [-0.1, -0.05) is 0 Å². The number of benzene rings is 1. The Balaban J connectivity index is 1.45. The summed E-state index contributed by atoms with van der Waals surface area (Å²) in [6.07, 6.45) is 3.67. The van der Waals surface area contributed by atoms with Gasteiger partial charge in [-0.15, -0.1) is 0 Å². The Hall–Kier alpha value is -3.34. The molecule has 0 aliphatic carbocycles. The topological polar surface area (TPSA) is 119 Å². The van der Waals surface area contributed by atoms with E-state index in [0.717, 1.165) is 43.1 Å². The summed E-state index contributed by atoms with van der Waals surface area (Å²) < 4.78 is 12.3. The zero-order valence-corrected chi connectivity index (χ0v) is 18.1. The zero-order valence-electron chi connectivity index (χ0n) is 18.1. The third-order valence-electron chi connectivity index (χ3n) is 5.12. The van der Waals surface area contributed by atoms with Crippen LogP contribution in [0.15, 0.2) is 35.6 Å². The smallest absolute Gasteiger partial charge is 0.306 e. The molecule has 1 aromatic carbocycles. The monoisotopic (exact) mass is 431 g/mol. The summed E-state index contributed by atoms with van der Waals surface area (Å²) in [5, 5.41) is 21.4. The van der Waals surface area contributed by atoms with E-state index >= 15 is 0 Å². The van der Waals surface area contributed by atoms with Crippen LogP contribution in [0.3, 0.4) is 0 Å². The number of nitrogens with one attached hydrogen (secondary N) is 2. The molecular formula is C20H29N7O4. The first kappa shape index (κ1) is 22.3. The maximum atomic E-state index is 10.7. The lowest BCUT2D eigenvalue weighted by atomic mass is 10.2. The molecule has 11 nitrogen and oxygen atoms in total.